The molecule has 6 nitrogen and oxygen atoms in total. The van der Waals surface area contributed by atoms with E-state index in [0.29, 0.717) is 5.69 Å². The van der Waals surface area contributed by atoms with Gasteiger partial charge in [-0.25, -0.2) is 9.97 Å². The molecule has 0 aromatic carbocycles. The highest BCUT2D eigenvalue weighted by molar-refractivity contribution is 5.80. The Kier molecular flexibility index (Phi) is 5.16. The van der Waals surface area contributed by atoms with Gasteiger partial charge in [-0.1, -0.05) is 11.2 Å². The number of nitrogens with one attached hydrogen (secondary N) is 1. The molecule has 4 rings (SSSR count). The molecule has 0 aliphatic carbocycles. The average molecular weight is 405 g/mol. The topological polar surface area (TPSA) is 67.1 Å². The molecule has 0 unspecified atom stereocenters. The number of anilines is 1. The predicted molar refractivity (Wildman–Crippen MR) is 103 cm³/mol. The maximum atomic E-state index is 13.6. The van der Waals surface area contributed by atoms with Crippen molar-refractivity contribution >= 4 is 16.9 Å². The zero-order chi connectivity index (χ0) is 20.6. The maximum absolute atomic E-state index is 13.6. The molecule has 0 amide bonds. The van der Waals surface area contributed by atoms with E-state index < -0.39 is 11.7 Å². The second-order valence-corrected chi connectivity index (χ2v) is 7.35. The van der Waals surface area contributed by atoms with Crippen molar-refractivity contribution in [3.63, 3.8) is 0 Å². The van der Waals surface area contributed by atoms with Crippen molar-refractivity contribution < 1.29 is 17.7 Å². The van der Waals surface area contributed by atoms with Crippen LogP contribution < -0.4 is 5.32 Å². The summed E-state index contributed by atoms with van der Waals surface area (Å²) in [6.45, 7) is 3.80. The second kappa shape index (κ2) is 7.62. The predicted octanol–water partition coefficient (Wildman–Crippen LogP) is 4.37. The molecule has 1 saturated heterocycles. The molecule has 1 N–H and O–H groups in total. The van der Waals surface area contributed by atoms with Crippen LogP contribution in [0.25, 0.3) is 11.1 Å². The summed E-state index contributed by atoms with van der Waals surface area (Å²) in [7, 11) is 1.84. The van der Waals surface area contributed by atoms with Crippen LogP contribution in [0.1, 0.15) is 41.3 Å². The van der Waals surface area contributed by atoms with E-state index in [4.69, 9.17) is 4.52 Å². The van der Waals surface area contributed by atoms with Crippen LogP contribution in [-0.4, -0.2) is 40.2 Å². The lowest BCUT2D eigenvalue weighted by Gasteiger charge is -2.32. The van der Waals surface area contributed by atoms with Gasteiger partial charge in [-0.15, -0.1) is 0 Å². The van der Waals surface area contributed by atoms with Crippen molar-refractivity contribution in [2.75, 3.05) is 25.5 Å². The van der Waals surface area contributed by atoms with Gasteiger partial charge in [-0.2, -0.15) is 13.2 Å². The van der Waals surface area contributed by atoms with Gasteiger partial charge in [0.25, 0.3) is 5.71 Å². The maximum Gasteiger partial charge on any atom is 0.417 e. The summed E-state index contributed by atoms with van der Waals surface area (Å²) >= 11 is 0. The van der Waals surface area contributed by atoms with Crippen molar-refractivity contribution in [3.8, 4) is 0 Å². The summed E-state index contributed by atoms with van der Waals surface area (Å²) in [5.74, 6) is 0.803. The van der Waals surface area contributed by atoms with E-state index in [9.17, 15) is 13.2 Å². The van der Waals surface area contributed by atoms with Crippen LogP contribution in [0.5, 0.6) is 0 Å². The quantitative estimate of drug-likeness (QED) is 0.696. The van der Waals surface area contributed by atoms with Crippen molar-refractivity contribution in [1.29, 1.82) is 0 Å². The van der Waals surface area contributed by atoms with E-state index in [-0.39, 0.29) is 22.7 Å². The van der Waals surface area contributed by atoms with Crippen LogP contribution in [0.3, 0.4) is 0 Å². The van der Waals surface area contributed by atoms with Gasteiger partial charge in [0.05, 0.1) is 16.6 Å². The zero-order valence-electron chi connectivity index (χ0n) is 16.3. The number of halogens is 3. The Balaban J connectivity index is 1.52. The summed E-state index contributed by atoms with van der Waals surface area (Å²) in [5.41, 5.74) is 0.983. The summed E-state index contributed by atoms with van der Waals surface area (Å²) in [5, 5.41) is 6.72. The number of aromatic nitrogens is 3. The minimum absolute atomic E-state index is 0.0382. The van der Waals surface area contributed by atoms with Gasteiger partial charge in [-0.3, -0.25) is 4.90 Å². The first-order valence-electron chi connectivity index (χ1n) is 9.55. The molecule has 0 radical (unpaired) electrons. The minimum Gasteiger partial charge on any atom is -0.373 e. The monoisotopic (exact) mass is 405 g/mol. The lowest BCUT2D eigenvalue weighted by Crippen LogP contribution is -2.33. The first-order chi connectivity index (χ1) is 13.9. The van der Waals surface area contributed by atoms with Crippen LogP contribution in [0, 0.1) is 6.92 Å². The molecule has 29 heavy (non-hydrogen) atoms. The fraction of sp³-hybridized carbons (Fsp3) is 0.450. The van der Waals surface area contributed by atoms with E-state index >= 15 is 0 Å². The molecule has 154 valence electrons. The first kappa shape index (κ1) is 19.6. The number of pyridine rings is 2. The summed E-state index contributed by atoms with van der Waals surface area (Å²) in [6.07, 6.45) is -1.26. The van der Waals surface area contributed by atoms with Gasteiger partial charge in [0.1, 0.15) is 5.82 Å². The van der Waals surface area contributed by atoms with E-state index in [1.54, 1.807) is 6.20 Å². The Morgan fingerprint density at radius 3 is 2.72 bits per heavy atom. The number of nitrogens with zero attached hydrogens (tertiary/aromatic N) is 4. The van der Waals surface area contributed by atoms with Gasteiger partial charge < -0.3 is 9.84 Å². The first-order valence-corrected chi connectivity index (χ1v) is 9.55. The molecule has 1 aliphatic rings. The van der Waals surface area contributed by atoms with Crippen molar-refractivity contribution in [2.45, 2.75) is 38.4 Å². The summed E-state index contributed by atoms with van der Waals surface area (Å²) in [6, 6.07) is 5.11. The standard InChI is InChI=1S/C20H22F3N5O/c1-12-17-15(20(21,22)23)10-16(26-19(17)29-27-12)13-5-8-28(9-6-13)11-14-4-3-7-25-18(14)24-2/h3-4,7,10,13H,5-6,8-9,11H2,1-2H3,(H,24,25). The number of hydrogen-bond acceptors (Lipinski definition) is 6. The Hall–Kier alpha value is -2.68. The molecule has 0 saturated carbocycles. The number of alkyl halides is 3. The van der Waals surface area contributed by atoms with E-state index in [0.717, 1.165) is 43.9 Å². The van der Waals surface area contributed by atoms with Gasteiger partial charge in [0, 0.05) is 37.0 Å². The molecule has 0 bridgehead atoms. The highest BCUT2D eigenvalue weighted by atomic mass is 19.4. The minimum atomic E-state index is -4.48. The number of rotatable bonds is 4. The summed E-state index contributed by atoms with van der Waals surface area (Å²) < 4.78 is 45.8. The second-order valence-electron chi connectivity index (χ2n) is 7.35. The molecule has 9 heteroatoms. The highest BCUT2D eigenvalue weighted by Gasteiger charge is 2.36. The molecule has 3 aromatic rings. The normalized spacial score (nSPS) is 16.4. The third kappa shape index (κ3) is 3.91. The number of aryl methyl sites for hydroxylation is 1. The Morgan fingerprint density at radius 2 is 2.03 bits per heavy atom. The molecular formula is C20H22F3N5O. The van der Waals surface area contributed by atoms with Gasteiger partial charge in [-0.05, 0) is 45.0 Å². The van der Waals surface area contributed by atoms with Crippen LogP contribution in [0.15, 0.2) is 28.9 Å². The third-order valence-corrected chi connectivity index (χ3v) is 5.47. The lowest BCUT2D eigenvalue weighted by atomic mass is 9.91. The highest BCUT2D eigenvalue weighted by Crippen LogP contribution is 2.39. The molecule has 4 heterocycles. The Bertz CT molecular complexity index is 1010. The van der Waals surface area contributed by atoms with Crippen molar-refractivity contribution in [2.24, 2.45) is 0 Å². The molecule has 1 fully saturated rings. The van der Waals surface area contributed by atoms with Gasteiger partial charge in [0.2, 0.25) is 0 Å². The molecular weight excluding hydrogens is 383 g/mol. The fourth-order valence-electron chi connectivity index (χ4n) is 3.97. The van der Waals surface area contributed by atoms with Gasteiger partial charge >= 0.3 is 6.18 Å². The number of hydrogen-bond donors (Lipinski definition) is 1. The number of piperidine rings is 1. The van der Waals surface area contributed by atoms with Crippen LogP contribution in [-0.2, 0) is 12.7 Å². The van der Waals surface area contributed by atoms with Crippen LogP contribution >= 0.6 is 0 Å². The van der Waals surface area contributed by atoms with E-state index in [1.165, 1.54) is 13.0 Å². The SMILES string of the molecule is CNc1ncccc1CN1CCC(c2cc(C(F)(F)F)c3c(C)noc3n2)CC1. The van der Waals surface area contributed by atoms with Crippen LogP contribution in [0.2, 0.25) is 0 Å². The zero-order valence-corrected chi connectivity index (χ0v) is 16.3. The Labute approximate surface area is 166 Å². The average Bonchev–Trinajstić information content (AvgIpc) is 3.08. The Morgan fingerprint density at radius 1 is 1.28 bits per heavy atom. The molecule has 0 spiro atoms. The smallest absolute Gasteiger partial charge is 0.373 e. The van der Waals surface area contributed by atoms with E-state index in [2.05, 4.69) is 25.3 Å². The van der Waals surface area contributed by atoms with Gasteiger partial charge in [0.15, 0.2) is 0 Å². The van der Waals surface area contributed by atoms with Crippen LogP contribution in [0.4, 0.5) is 19.0 Å². The lowest BCUT2D eigenvalue weighted by molar-refractivity contribution is -0.136. The number of likely N-dealkylation sites (tertiary alicyclic amines) is 1. The number of fused-ring (bicyclic) bond motifs is 1. The molecule has 0 atom stereocenters. The van der Waals surface area contributed by atoms with E-state index in [1.807, 2.05) is 19.2 Å². The molecule has 3 aromatic heterocycles. The summed E-state index contributed by atoms with van der Waals surface area (Å²) in [4.78, 5) is 11.0. The van der Waals surface area contributed by atoms with Crippen molar-refractivity contribution in [3.05, 3.63) is 46.9 Å². The molecule has 1 aliphatic heterocycles. The largest absolute Gasteiger partial charge is 0.417 e. The third-order valence-electron chi connectivity index (χ3n) is 5.47. The van der Waals surface area contributed by atoms with Crippen molar-refractivity contribution in [1.82, 2.24) is 20.0 Å². The fourth-order valence-corrected chi connectivity index (χ4v) is 3.97.